The molecule has 0 saturated heterocycles. The molecule has 0 aliphatic heterocycles. The van der Waals surface area contributed by atoms with E-state index >= 15 is 0 Å². The molecule has 17 heavy (non-hydrogen) atoms. The predicted molar refractivity (Wildman–Crippen MR) is 70.3 cm³/mol. The third-order valence-electron chi connectivity index (χ3n) is 2.23. The van der Waals surface area contributed by atoms with Gasteiger partial charge in [0.05, 0.1) is 12.8 Å². The molecule has 1 aromatic heterocycles. The van der Waals surface area contributed by atoms with Crippen molar-refractivity contribution in [2.24, 2.45) is 5.84 Å². The largest absolute Gasteiger partial charge is 0.473 e. The second kappa shape index (κ2) is 4.94. The number of hydrazine groups is 1. The van der Waals surface area contributed by atoms with Crippen molar-refractivity contribution in [2.75, 3.05) is 12.1 Å². The maximum atomic E-state index is 5.71. The van der Waals surface area contributed by atoms with Crippen LogP contribution < -0.4 is 10.9 Å². The first kappa shape index (κ1) is 11.6. The summed E-state index contributed by atoms with van der Waals surface area (Å²) in [7, 11) is 1.46. The Bertz CT molecular complexity index is 511. The molecule has 0 radical (unpaired) electrons. The highest BCUT2D eigenvalue weighted by atomic mass is 32.1. The number of methoxy groups -OCH3 is 1. The number of nitrogens with one attached hydrogen (secondary N) is 1. The number of rotatable bonds is 2. The summed E-state index contributed by atoms with van der Waals surface area (Å²) in [5.74, 6) is 6.15. The van der Waals surface area contributed by atoms with Crippen LogP contribution in [0.2, 0.25) is 0 Å². The van der Waals surface area contributed by atoms with Crippen LogP contribution >= 0.6 is 12.2 Å². The first-order valence-corrected chi connectivity index (χ1v) is 5.37. The van der Waals surface area contributed by atoms with Crippen molar-refractivity contribution in [1.82, 2.24) is 9.97 Å². The Morgan fingerprint density at radius 3 is 2.76 bits per heavy atom. The Morgan fingerprint density at radius 1 is 1.41 bits per heavy atom. The van der Waals surface area contributed by atoms with E-state index < -0.39 is 0 Å². The van der Waals surface area contributed by atoms with E-state index in [-0.39, 0.29) is 5.17 Å². The summed E-state index contributed by atoms with van der Waals surface area (Å²) in [4.78, 5) is 7.27. The topological polar surface area (TPSA) is 67.2 Å². The van der Waals surface area contributed by atoms with Gasteiger partial charge in [-0.05, 0) is 12.2 Å². The number of hydrogen-bond acceptors (Lipinski definition) is 4. The van der Waals surface area contributed by atoms with Crippen LogP contribution in [0.1, 0.15) is 0 Å². The molecule has 0 saturated carbocycles. The molecule has 0 spiro atoms. The number of thiocarbonyl (C=S) groups is 1. The van der Waals surface area contributed by atoms with E-state index in [4.69, 9.17) is 22.8 Å². The van der Waals surface area contributed by atoms with Crippen molar-refractivity contribution < 1.29 is 4.74 Å². The van der Waals surface area contributed by atoms with Gasteiger partial charge in [0, 0.05) is 11.8 Å². The molecule has 6 heteroatoms. The highest BCUT2D eigenvalue weighted by molar-refractivity contribution is 7.80. The van der Waals surface area contributed by atoms with Crippen molar-refractivity contribution in [3.05, 3.63) is 36.5 Å². The first-order chi connectivity index (χ1) is 8.22. The number of nitrogens with two attached hydrogens (primary N) is 1. The number of aromatic amines is 1. The van der Waals surface area contributed by atoms with Crippen LogP contribution in [-0.2, 0) is 4.74 Å². The number of H-pyrrole nitrogens is 1. The molecule has 0 amide bonds. The molecule has 0 atom stereocenters. The van der Waals surface area contributed by atoms with Crippen LogP contribution in [-0.4, -0.2) is 22.3 Å². The minimum Gasteiger partial charge on any atom is -0.473 e. The lowest BCUT2D eigenvalue weighted by Gasteiger charge is -2.13. The van der Waals surface area contributed by atoms with Gasteiger partial charge in [-0.15, -0.1) is 0 Å². The van der Waals surface area contributed by atoms with E-state index in [0.29, 0.717) is 5.95 Å². The number of aromatic nitrogens is 2. The number of benzene rings is 1. The fraction of sp³-hybridized carbons (Fsp3) is 0.0909. The van der Waals surface area contributed by atoms with E-state index in [9.17, 15) is 0 Å². The second-order valence-electron chi connectivity index (χ2n) is 3.32. The van der Waals surface area contributed by atoms with E-state index in [1.807, 2.05) is 30.3 Å². The molecule has 1 aromatic carbocycles. The fourth-order valence-corrected chi connectivity index (χ4v) is 1.46. The van der Waals surface area contributed by atoms with Crippen LogP contribution in [0.25, 0.3) is 11.3 Å². The first-order valence-electron chi connectivity index (χ1n) is 4.96. The summed E-state index contributed by atoms with van der Waals surface area (Å²) in [6.07, 6.45) is 1.77. The molecule has 0 aliphatic rings. The zero-order valence-corrected chi connectivity index (χ0v) is 10.1. The van der Waals surface area contributed by atoms with Gasteiger partial charge in [-0.25, -0.2) is 15.8 Å². The van der Waals surface area contributed by atoms with Crippen LogP contribution in [0.4, 0.5) is 5.95 Å². The van der Waals surface area contributed by atoms with Crippen molar-refractivity contribution >= 4 is 23.3 Å². The Morgan fingerprint density at radius 2 is 2.12 bits per heavy atom. The molecule has 2 rings (SSSR count). The summed E-state index contributed by atoms with van der Waals surface area (Å²) < 4.78 is 4.85. The van der Waals surface area contributed by atoms with Crippen molar-refractivity contribution in [3.63, 3.8) is 0 Å². The van der Waals surface area contributed by atoms with Gasteiger partial charge in [0.1, 0.15) is 0 Å². The molecule has 0 fully saturated rings. The number of ether oxygens (including phenoxy) is 1. The smallest absolute Gasteiger partial charge is 0.280 e. The highest BCUT2D eigenvalue weighted by Crippen LogP contribution is 2.18. The van der Waals surface area contributed by atoms with Crippen LogP contribution in [0.15, 0.2) is 36.5 Å². The molecular formula is C11H12N4OS. The highest BCUT2D eigenvalue weighted by Gasteiger charge is 2.12. The van der Waals surface area contributed by atoms with Gasteiger partial charge < -0.3 is 9.72 Å². The van der Waals surface area contributed by atoms with Crippen molar-refractivity contribution in [1.29, 1.82) is 0 Å². The third-order valence-corrected chi connectivity index (χ3v) is 2.60. The van der Waals surface area contributed by atoms with Gasteiger partial charge >= 0.3 is 0 Å². The fourth-order valence-electron chi connectivity index (χ4n) is 1.38. The summed E-state index contributed by atoms with van der Waals surface area (Å²) in [5.41, 5.74) is 1.81. The molecule has 0 unspecified atom stereocenters. The van der Waals surface area contributed by atoms with Crippen molar-refractivity contribution in [2.45, 2.75) is 0 Å². The summed E-state index contributed by atoms with van der Waals surface area (Å²) in [6, 6.07) is 9.78. The summed E-state index contributed by atoms with van der Waals surface area (Å²) >= 11 is 4.90. The standard InChI is InChI=1S/C11H12N4OS/c1-16-11(17)15(12)10-13-7-9(14-10)8-5-3-2-4-6-8/h2-7H,12H2,1H3,(H,13,14). The number of hydrogen-bond donors (Lipinski definition) is 2. The molecule has 88 valence electrons. The number of imidazole rings is 1. The van der Waals surface area contributed by atoms with Gasteiger partial charge in [0.2, 0.25) is 5.95 Å². The average Bonchev–Trinajstić information content (AvgIpc) is 2.87. The molecule has 0 aliphatic carbocycles. The Balaban J connectivity index is 2.25. The third kappa shape index (κ3) is 2.43. The lowest BCUT2D eigenvalue weighted by molar-refractivity contribution is 0.402. The number of anilines is 1. The SMILES string of the molecule is COC(=S)N(N)c1nc(-c2ccccc2)c[nH]1. The maximum absolute atomic E-state index is 5.71. The maximum Gasteiger partial charge on any atom is 0.280 e. The Labute approximate surface area is 104 Å². The summed E-state index contributed by atoms with van der Waals surface area (Å²) in [6.45, 7) is 0. The lowest BCUT2D eigenvalue weighted by atomic mass is 10.2. The van der Waals surface area contributed by atoms with Crippen LogP contribution in [0, 0.1) is 0 Å². The Hall–Kier alpha value is -1.92. The van der Waals surface area contributed by atoms with E-state index in [0.717, 1.165) is 11.3 Å². The van der Waals surface area contributed by atoms with E-state index in [1.54, 1.807) is 6.20 Å². The van der Waals surface area contributed by atoms with E-state index in [1.165, 1.54) is 12.1 Å². The second-order valence-corrected chi connectivity index (χ2v) is 3.66. The zero-order chi connectivity index (χ0) is 12.3. The zero-order valence-electron chi connectivity index (χ0n) is 9.25. The molecule has 1 heterocycles. The average molecular weight is 248 g/mol. The van der Waals surface area contributed by atoms with Gasteiger partial charge in [0.15, 0.2) is 0 Å². The molecule has 3 N–H and O–H groups in total. The normalized spacial score (nSPS) is 10.0. The molecular weight excluding hydrogens is 236 g/mol. The van der Waals surface area contributed by atoms with Crippen LogP contribution in [0.5, 0.6) is 0 Å². The van der Waals surface area contributed by atoms with Gasteiger partial charge in [-0.3, -0.25) is 0 Å². The van der Waals surface area contributed by atoms with Crippen LogP contribution in [0.3, 0.4) is 0 Å². The molecule has 2 aromatic rings. The van der Waals surface area contributed by atoms with Gasteiger partial charge in [-0.1, -0.05) is 30.3 Å². The quantitative estimate of drug-likeness (QED) is 0.481. The lowest BCUT2D eigenvalue weighted by Crippen LogP contribution is -2.37. The van der Waals surface area contributed by atoms with Crippen molar-refractivity contribution in [3.8, 4) is 11.3 Å². The predicted octanol–water partition coefficient (Wildman–Crippen LogP) is 1.69. The monoisotopic (exact) mass is 248 g/mol. The Kier molecular flexibility index (Phi) is 3.36. The number of nitrogens with zero attached hydrogens (tertiary/aromatic N) is 2. The summed E-state index contributed by atoms with van der Waals surface area (Å²) in [5, 5.41) is 1.33. The van der Waals surface area contributed by atoms with Gasteiger partial charge in [0.25, 0.3) is 5.17 Å². The van der Waals surface area contributed by atoms with Gasteiger partial charge in [-0.2, -0.15) is 0 Å². The minimum absolute atomic E-state index is 0.152. The molecule has 0 bridgehead atoms. The minimum atomic E-state index is 0.152. The molecule has 5 nitrogen and oxygen atoms in total. The van der Waals surface area contributed by atoms with E-state index in [2.05, 4.69) is 9.97 Å².